The van der Waals surface area contributed by atoms with Gasteiger partial charge in [0, 0.05) is 18.7 Å². The molecule has 0 N–H and O–H groups in total. The molecule has 3 heterocycles. The van der Waals surface area contributed by atoms with Crippen molar-refractivity contribution in [3.63, 3.8) is 0 Å². The number of hydrogen-bond donors (Lipinski definition) is 0. The van der Waals surface area contributed by atoms with E-state index in [1.807, 2.05) is 10.6 Å². The molecule has 4 aromatic rings. The highest BCUT2D eigenvalue weighted by Gasteiger charge is 2.18. The molecule has 9 heteroatoms. The van der Waals surface area contributed by atoms with Crippen LogP contribution in [0.15, 0.2) is 48.9 Å². The lowest BCUT2D eigenvalue weighted by molar-refractivity contribution is 0.176. The monoisotopic (exact) mass is 406 g/mol. The topological polar surface area (TPSA) is 87.8 Å². The Bertz CT molecular complexity index is 1160. The Morgan fingerprint density at radius 2 is 1.73 bits per heavy atom. The summed E-state index contributed by atoms with van der Waals surface area (Å²) < 4.78 is 25.7. The van der Waals surface area contributed by atoms with E-state index >= 15 is 0 Å². The fraction of sp³-hybridized carbons (Fsp3) is 0.190. The molecule has 8 nitrogen and oxygen atoms in total. The molecule has 0 saturated heterocycles. The maximum Gasteiger partial charge on any atom is 0.213 e. The number of rotatable bonds is 6. The third-order valence-corrected chi connectivity index (χ3v) is 4.53. The van der Waals surface area contributed by atoms with Gasteiger partial charge in [-0.3, -0.25) is 9.55 Å². The van der Waals surface area contributed by atoms with Gasteiger partial charge in [-0.2, -0.15) is 0 Å². The van der Waals surface area contributed by atoms with Crippen LogP contribution in [-0.4, -0.2) is 43.9 Å². The summed E-state index contributed by atoms with van der Waals surface area (Å²) in [4.78, 5) is 13.2. The quantitative estimate of drug-likeness (QED) is 0.485. The first kappa shape index (κ1) is 19.6. The van der Waals surface area contributed by atoms with Crippen LogP contribution in [0.4, 0.5) is 4.39 Å². The maximum absolute atomic E-state index is 13.5. The van der Waals surface area contributed by atoms with Crippen LogP contribution in [0.5, 0.6) is 5.88 Å². The smallest absolute Gasteiger partial charge is 0.213 e. The van der Waals surface area contributed by atoms with Gasteiger partial charge in [-0.1, -0.05) is 0 Å². The summed E-state index contributed by atoms with van der Waals surface area (Å²) in [6.45, 7) is 1.97. The van der Waals surface area contributed by atoms with E-state index in [0.717, 1.165) is 11.3 Å². The molecule has 0 unspecified atom stereocenters. The fourth-order valence-electron chi connectivity index (χ4n) is 3.00. The Kier molecular flexibility index (Phi) is 5.44. The molecule has 152 valence electrons. The molecular weight excluding hydrogens is 387 g/mol. The van der Waals surface area contributed by atoms with E-state index in [2.05, 4.69) is 25.1 Å². The number of nitrogens with zero attached hydrogens (tertiary/aromatic N) is 6. The van der Waals surface area contributed by atoms with Crippen LogP contribution in [0, 0.1) is 12.7 Å². The molecule has 0 spiro atoms. The van der Waals surface area contributed by atoms with Crippen LogP contribution in [0.2, 0.25) is 0 Å². The van der Waals surface area contributed by atoms with Gasteiger partial charge in [0.05, 0.1) is 37.1 Å². The SMILES string of the molecule is COCc1nnc(-c2cnc(-c3ccc(F)c(C)c3)cn2)n1-c1ccc(OC)nc1. The van der Waals surface area contributed by atoms with Crippen molar-refractivity contribution >= 4 is 0 Å². The summed E-state index contributed by atoms with van der Waals surface area (Å²) in [6, 6.07) is 8.43. The lowest BCUT2D eigenvalue weighted by Gasteiger charge is -2.10. The van der Waals surface area contributed by atoms with Crippen molar-refractivity contribution in [2.24, 2.45) is 0 Å². The van der Waals surface area contributed by atoms with Crippen molar-refractivity contribution in [3.05, 3.63) is 66.1 Å². The van der Waals surface area contributed by atoms with Crippen molar-refractivity contribution in [2.45, 2.75) is 13.5 Å². The highest BCUT2D eigenvalue weighted by molar-refractivity contribution is 5.61. The number of halogens is 1. The molecular formula is C21H19FN6O2. The zero-order valence-electron chi connectivity index (χ0n) is 16.7. The lowest BCUT2D eigenvalue weighted by Crippen LogP contribution is -2.06. The van der Waals surface area contributed by atoms with Gasteiger partial charge < -0.3 is 9.47 Å². The number of methoxy groups -OCH3 is 2. The third kappa shape index (κ3) is 3.74. The van der Waals surface area contributed by atoms with Gasteiger partial charge >= 0.3 is 0 Å². The second-order valence-corrected chi connectivity index (χ2v) is 6.52. The molecule has 4 rings (SSSR count). The Morgan fingerprint density at radius 3 is 2.37 bits per heavy atom. The summed E-state index contributed by atoms with van der Waals surface area (Å²) in [6.07, 6.45) is 4.90. The van der Waals surface area contributed by atoms with Gasteiger partial charge in [-0.05, 0) is 36.8 Å². The van der Waals surface area contributed by atoms with Crippen LogP contribution >= 0.6 is 0 Å². The van der Waals surface area contributed by atoms with Crippen LogP contribution in [0.25, 0.3) is 28.5 Å². The second kappa shape index (κ2) is 8.34. The highest BCUT2D eigenvalue weighted by atomic mass is 19.1. The molecule has 1 aromatic carbocycles. The molecule has 0 fully saturated rings. The fourth-order valence-corrected chi connectivity index (χ4v) is 3.00. The van der Waals surface area contributed by atoms with Gasteiger partial charge in [-0.15, -0.1) is 10.2 Å². The van der Waals surface area contributed by atoms with Crippen molar-refractivity contribution in [3.8, 4) is 34.3 Å². The predicted octanol–water partition coefficient (Wildman–Crippen LogP) is 3.39. The molecule has 0 saturated carbocycles. The van der Waals surface area contributed by atoms with Crippen LogP contribution < -0.4 is 4.74 Å². The van der Waals surface area contributed by atoms with Crippen LogP contribution in [0.1, 0.15) is 11.4 Å². The summed E-state index contributed by atoms with van der Waals surface area (Å²) in [5.74, 6) is 1.35. The molecule has 0 amide bonds. The number of pyridine rings is 1. The van der Waals surface area contributed by atoms with E-state index in [9.17, 15) is 4.39 Å². The van der Waals surface area contributed by atoms with Gasteiger partial charge in [-0.25, -0.2) is 14.4 Å². The first-order chi connectivity index (χ1) is 14.6. The minimum absolute atomic E-state index is 0.254. The zero-order valence-corrected chi connectivity index (χ0v) is 16.7. The second-order valence-electron chi connectivity index (χ2n) is 6.52. The summed E-state index contributed by atoms with van der Waals surface area (Å²) in [7, 11) is 3.15. The average molecular weight is 406 g/mol. The van der Waals surface area contributed by atoms with E-state index in [4.69, 9.17) is 9.47 Å². The minimum Gasteiger partial charge on any atom is -0.481 e. The number of ether oxygens (including phenoxy) is 2. The Hall–Kier alpha value is -3.72. The Labute approximate surface area is 172 Å². The minimum atomic E-state index is -0.254. The van der Waals surface area contributed by atoms with E-state index in [1.165, 1.54) is 6.07 Å². The van der Waals surface area contributed by atoms with E-state index < -0.39 is 0 Å². The largest absolute Gasteiger partial charge is 0.481 e. The Balaban J connectivity index is 1.73. The molecule has 0 aliphatic heterocycles. The van der Waals surface area contributed by atoms with Gasteiger partial charge in [0.15, 0.2) is 11.6 Å². The molecule has 0 atom stereocenters. The third-order valence-electron chi connectivity index (χ3n) is 4.53. The molecule has 0 aliphatic rings. The normalized spacial score (nSPS) is 10.9. The maximum atomic E-state index is 13.5. The average Bonchev–Trinajstić information content (AvgIpc) is 3.20. The zero-order chi connectivity index (χ0) is 21.1. The molecule has 0 bridgehead atoms. The first-order valence-corrected chi connectivity index (χ1v) is 9.13. The summed E-state index contributed by atoms with van der Waals surface area (Å²) >= 11 is 0. The number of benzene rings is 1. The Morgan fingerprint density at radius 1 is 0.933 bits per heavy atom. The summed E-state index contributed by atoms with van der Waals surface area (Å²) in [5.41, 5.74) is 3.24. The summed E-state index contributed by atoms with van der Waals surface area (Å²) in [5, 5.41) is 8.50. The van der Waals surface area contributed by atoms with Gasteiger partial charge in [0.1, 0.15) is 18.1 Å². The molecule has 0 aliphatic carbocycles. The van der Waals surface area contributed by atoms with E-state index in [1.54, 1.807) is 57.9 Å². The van der Waals surface area contributed by atoms with Crippen molar-refractivity contribution < 1.29 is 13.9 Å². The molecule has 3 aromatic heterocycles. The van der Waals surface area contributed by atoms with Gasteiger partial charge in [0.2, 0.25) is 5.88 Å². The van der Waals surface area contributed by atoms with Crippen molar-refractivity contribution in [1.29, 1.82) is 0 Å². The molecule has 30 heavy (non-hydrogen) atoms. The first-order valence-electron chi connectivity index (χ1n) is 9.13. The van der Waals surface area contributed by atoms with Gasteiger partial charge in [0.25, 0.3) is 0 Å². The number of hydrogen-bond acceptors (Lipinski definition) is 7. The standard InChI is InChI=1S/C21H19FN6O2/c1-13-8-14(4-6-16(13)22)17-10-24-18(11-23-17)21-27-26-19(12-29-2)28(21)15-5-7-20(30-3)25-9-15/h4-11H,12H2,1-3H3. The predicted molar refractivity (Wildman–Crippen MR) is 108 cm³/mol. The van der Waals surface area contributed by atoms with Crippen LogP contribution in [-0.2, 0) is 11.3 Å². The number of aromatic nitrogens is 6. The van der Waals surface area contributed by atoms with E-state index in [-0.39, 0.29) is 12.4 Å². The lowest BCUT2D eigenvalue weighted by atomic mass is 10.1. The van der Waals surface area contributed by atoms with Crippen molar-refractivity contribution in [2.75, 3.05) is 14.2 Å². The molecule has 0 radical (unpaired) electrons. The number of aryl methyl sites for hydroxylation is 1. The van der Waals surface area contributed by atoms with E-state index in [0.29, 0.717) is 34.5 Å². The highest BCUT2D eigenvalue weighted by Crippen LogP contribution is 2.24. The van der Waals surface area contributed by atoms with Crippen molar-refractivity contribution in [1.82, 2.24) is 29.7 Å². The van der Waals surface area contributed by atoms with Crippen LogP contribution in [0.3, 0.4) is 0 Å².